The van der Waals surface area contributed by atoms with Crippen LogP contribution in [0.3, 0.4) is 0 Å². The van der Waals surface area contributed by atoms with E-state index in [4.69, 9.17) is 28.1 Å². The number of aromatic nitrogens is 1. The maximum atomic E-state index is 14.7. The lowest BCUT2D eigenvalue weighted by atomic mass is 9.85. The van der Waals surface area contributed by atoms with E-state index in [1.54, 1.807) is 42.1 Å². The predicted octanol–water partition coefficient (Wildman–Crippen LogP) is 11.0. The molecule has 74 heavy (non-hydrogen) atoms. The van der Waals surface area contributed by atoms with E-state index in [-0.39, 0.29) is 59.1 Å². The van der Waals surface area contributed by atoms with Gasteiger partial charge in [-0.3, -0.25) is 25.0 Å². The van der Waals surface area contributed by atoms with Gasteiger partial charge in [-0.15, -0.1) is 0 Å². The lowest BCUT2D eigenvalue weighted by molar-refractivity contribution is -0.385. The summed E-state index contributed by atoms with van der Waals surface area (Å²) < 4.78 is 36.0. The fourth-order valence-electron chi connectivity index (χ4n) is 8.61. The van der Waals surface area contributed by atoms with Crippen molar-refractivity contribution in [1.82, 2.24) is 14.8 Å². The van der Waals surface area contributed by atoms with Crippen molar-refractivity contribution in [1.29, 1.82) is 0 Å². The largest absolute Gasteiger partial charge is 0.493 e. The molecule has 1 aromatic heterocycles. The second kappa shape index (κ2) is 25.4. The number of rotatable bonds is 25. The molecule has 1 saturated carbocycles. The van der Waals surface area contributed by atoms with Crippen LogP contribution in [0.1, 0.15) is 106 Å². The zero-order valence-electron chi connectivity index (χ0n) is 44.3. The van der Waals surface area contributed by atoms with Crippen molar-refractivity contribution in [2.24, 2.45) is 0 Å². The highest BCUT2D eigenvalue weighted by molar-refractivity contribution is 8.77. The summed E-state index contributed by atoms with van der Waals surface area (Å²) in [6, 6.07) is 9.29. The van der Waals surface area contributed by atoms with Gasteiger partial charge in [-0.1, -0.05) is 69.2 Å². The molecule has 3 amide bonds. The normalized spacial score (nSPS) is 17.4. The lowest BCUT2D eigenvalue weighted by Crippen LogP contribution is -2.46. The van der Waals surface area contributed by atoms with Gasteiger partial charge in [-0.05, 0) is 105 Å². The molecule has 402 valence electrons. The fourth-order valence-corrected chi connectivity index (χ4v) is 12.4. The van der Waals surface area contributed by atoms with E-state index in [9.17, 15) is 29.5 Å². The molecule has 3 fully saturated rings. The molecular weight excluding hydrogens is 1000 g/mol. The summed E-state index contributed by atoms with van der Waals surface area (Å²) in [5, 5.41) is 27.8. The molecule has 0 radical (unpaired) electrons. The molecule has 0 bridgehead atoms. The standard InChI is InChI=1S/C52H73BN6O12S2Si/c1-12-36-23-34(2)30-57(36)49(61)40-26-44(67-9)46(28-42(40)56-53(7)63)69-22-15-13-14-21-68-45-27-41(55-50(62)70-33-52(19-16-20-52)73-72-47-18-17-37(29-54-47)59(64)65)39(25-43(45)66-8)48(60)58-31-35(3)24-38(58)32-71-74(10,11)51(4,5)6/h17-18,25-29,36,38,56,63H,2-3,12-16,19-24,30-33H2,1,4-11H3,(H,55,62)/t36-,38+/m1/s1. The monoisotopic (exact) mass is 1080 g/mol. The third-order valence-electron chi connectivity index (χ3n) is 14.1. The maximum Gasteiger partial charge on any atom is 0.411 e. The number of likely N-dealkylation sites (tertiary alicyclic amines) is 2. The number of carbonyl (C=O) groups excluding carboxylic acids is 3. The molecular formula is C52H73BN6O12S2Si. The van der Waals surface area contributed by atoms with Gasteiger partial charge in [0.25, 0.3) is 17.5 Å². The number of nitrogens with one attached hydrogen (secondary N) is 2. The van der Waals surface area contributed by atoms with Crippen molar-refractivity contribution >= 4 is 71.9 Å². The summed E-state index contributed by atoms with van der Waals surface area (Å²) in [7, 11) is 2.81. The number of hydrogen-bond donors (Lipinski definition) is 3. The Hall–Kier alpha value is -5.42. The third-order valence-corrected chi connectivity index (χ3v) is 21.8. The first-order chi connectivity index (χ1) is 35.1. The zero-order chi connectivity index (χ0) is 54.0. The Morgan fingerprint density at radius 1 is 0.905 bits per heavy atom. The number of carbonyl (C=O) groups is 3. The summed E-state index contributed by atoms with van der Waals surface area (Å²) in [5.74, 6) is 0.927. The van der Waals surface area contributed by atoms with Crippen molar-refractivity contribution < 1.29 is 52.4 Å². The Morgan fingerprint density at radius 2 is 1.47 bits per heavy atom. The highest BCUT2D eigenvalue weighted by Gasteiger charge is 2.42. The molecule has 6 rings (SSSR count). The number of amides is 3. The van der Waals surface area contributed by atoms with Crippen LogP contribution in [0.2, 0.25) is 25.0 Å². The minimum atomic E-state index is -2.16. The summed E-state index contributed by atoms with van der Waals surface area (Å²) in [5.41, 5.74) is 2.98. The first-order valence-corrected chi connectivity index (χ1v) is 30.3. The summed E-state index contributed by atoms with van der Waals surface area (Å²) in [6.45, 7) is 24.7. The minimum absolute atomic E-state index is 0.0292. The van der Waals surface area contributed by atoms with E-state index in [2.05, 4.69) is 62.6 Å². The first kappa shape index (κ1) is 57.9. The Kier molecular flexibility index (Phi) is 19.9. The molecule has 22 heteroatoms. The molecule has 3 aliphatic rings. The van der Waals surface area contributed by atoms with Gasteiger partial charge in [0, 0.05) is 43.0 Å². The molecule has 3 aromatic rings. The number of benzene rings is 2. The van der Waals surface area contributed by atoms with E-state index in [0.29, 0.717) is 91.3 Å². The van der Waals surface area contributed by atoms with Crippen molar-refractivity contribution in [2.75, 3.05) is 64.3 Å². The Bertz CT molecular complexity index is 2530. The molecule has 3 heterocycles. The van der Waals surface area contributed by atoms with Crippen LogP contribution < -0.4 is 29.5 Å². The summed E-state index contributed by atoms with van der Waals surface area (Å²) in [6.07, 6.45) is 7.11. The molecule has 2 atom stereocenters. The van der Waals surface area contributed by atoms with Gasteiger partial charge in [0.2, 0.25) is 0 Å². The molecule has 0 spiro atoms. The summed E-state index contributed by atoms with van der Waals surface area (Å²) in [4.78, 5) is 60.7. The van der Waals surface area contributed by atoms with Crippen molar-refractivity contribution in [3.05, 3.63) is 88.1 Å². The van der Waals surface area contributed by atoms with Crippen LogP contribution in [0.15, 0.2) is 71.9 Å². The lowest BCUT2D eigenvalue weighted by Gasteiger charge is -2.39. The van der Waals surface area contributed by atoms with Gasteiger partial charge < -0.3 is 48.2 Å². The van der Waals surface area contributed by atoms with Crippen molar-refractivity contribution in [3.63, 3.8) is 0 Å². The number of anilines is 2. The molecule has 2 aliphatic heterocycles. The number of methoxy groups -OCH3 is 2. The Morgan fingerprint density at radius 3 is 1.97 bits per heavy atom. The average molecular weight is 1080 g/mol. The number of nitrogens with zero attached hydrogens (tertiary/aromatic N) is 4. The average Bonchev–Trinajstić information content (AvgIpc) is 3.92. The number of ether oxygens (including phenoxy) is 5. The van der Waals surface area contributed by atoms with Gasteiger partial charge in [-0.2, -0.15) is 0 Å². The molecule has 18 nitrogen and oxygen atoms in total. The van der Waals surface area contributed by atoms with Gasteiger partial charge in [-0.25, -0.2) is 9.78 Å². The van der Waals surface area contributed by atoms with Gasteiger partial charge in [0.15, 0.2) is 31.3 Å². The van der Waals surface area contributed by atoms with Crippen LogP contribution in [0.5, 0.6) is 23.0 Å². The van der Waals surface area contributed by atoms with Gasteiger partial charge in [0.1, 0.15) is 17.8 Å². The van der Waals surface area contributed by atoms with E-state index in [1.807, 2.05) is 11.8 Å². The third kappa shape index (κ3) is 14.7. The Labute approximate surface area is 444 Å². The number of unbranched alkanes of at least 4 members (excludes halogenated alkanes) is 2. The molecule has 2 saturated heterocycles. The summed E-state index contributed by atoms with van der Waals surface area (Å²) >= 11 is 0. The predicted molar refractivity (Wildman–Crippen MR) is 295 cm³/mol. The van der Waals surface area contributed by atoms with E-state index in [1.165, 1.54) is 48.1 Å². The Balaban J connectivity index is 1.13. The first-order valence-electron chi connectivity index (χ1n) is 25.2. The van der Waals surface area contributed by atoms with Crippen LogP contribution in [-0.4, -0.2) is 129 Å². The van der Waals surface area contributed by atoms with E-state index in [0.717, 1.165) is 43.3 Å². The smallest absolute Gasteiger partial charge is 0.411 e. The molecule has 0 unspecified atom stereocenters. The number of nitro groups is 1. The molecule has 3 N–H and O–H groups in total. The SMILES string of the molecule is C=C1C[C@@H](CC)N(C(=O)c2cc(OC)c(OCCCCCOc3cc(NC(=O)OCC4(SSc5ccc([N+](=O)[O-])cn5)CCC4)c(C(=O)N4CC(=C)C[C@H]4CO[Si](C)(C)C(C)(C)C)cc3OC)cc2NB(C)O)C1. The number of hydrogen-bond acceptors (Lipinski definition) is 16. The second-order valence-corrected chi connectivity index (χ2v) is 28.2. The van der Waals surface area contributed by atoms with Crippen molar-refractivity contribution in [2.45, 2.75) is 132 Å². The second-order valence-electron chi connectivity index (χ2n) is 20.8. The van der Waals surface area contributed by atoms with Crippen LogP contribution in [-0.2, 0) is 9.16 Å². The highest BCUT2D eigenvalue weighted by Crippen LogP contribution is 2.52. The van der Waals surface area contributed by atoms with E-state index < -0.39 is 31.1 Å². The highest BCUT2D eigenvalue weighted by atomic mass is 33.1. The van der Waals surface area contributed by atoms with Crippen LogP contribution in [0.4, 0.5) is 21.9 Å². The maximum absolute atomic E-state index is 14.7. The van der Waals surface area contributed by atoms with E-state index >= 15 is 0 Å². The van der Waals surface area contributed by atoms with Crippen molar-refractivity contribution in [3.8, 4) is 23.0 Å². The zero-order valence-corrected chi connectivity index (χ0v) is 47.0. The van der Waals surface area contributed by atoms with Gasteiger partial charge in [0.05, 0.1) is 66.6 Å². The quantitative estimate of drug-likeness (QED) is 0.0180. The van der Waals surface area contributed by atoms with Crippen LogP contribution in [0, 0.1) is 10.1 Å². The van der Waals surface area contributed by atoms with Crippen LogP contribution >= 0.6 is 21.6 Å². The van der Waals surface area contributed by atoms with Crippen LogP contribution in [0.25, 0.3) is 0 Å². The van der Waals surface area contributed by atoms with Gasteiger partial charge >= 0.3 is 13.1 Å². The fraction of sp³-hybridized carbons (Fsp3) is 0.538. The minimum Gasteiger partial charge on any atom is -0.493 e. The molecule has 2 aromatic carbocycles. The molecule has 1 aliphatic carbocycles. The topological polar surface area (TPSA) is 213 Å². The number of pyridine rings is 1.